The van der Waals surface area contributed by atoms with Crippen molar-refractivity contribution in [3.63, 3.8) is 0 Å². The number of nitrogens with zero attached hydrogens (tertiary/aromatic N) is 2. The van der Waals surface area contributed by atoms with Crippen molar-refractivity contribution in [1.82, 2.24) is 15.0 Å². The van der Waals surface area contributed by atoms with Gasteiger partial charge >= 0.3 is 5.69 Å². The molecule has 2 heterocycles. The summed E-state index contributed by atoms with van der Waals surface area (Å²) >= 11 is 0. The van der Waals surface area contributed by atoms with E-state index in [0.29, 0.717) is 0 Å². The Morgan fingerprint density at radius 2 is 2.18 bits per heavy atom. The highest BCUT2D eigenvalue weighted by molar-refractivity contribution is 5.23. The van der Waals surface area contributed by atoms with Crippen LogP contribution in [0, 0.1) is 0 Å². The second kappa shape index (κ2) is 4.75. The SMILES string of the molecule is O=c1ncnc(NC2O[C@H](CO)[C@@H](O)[C@H]2O)[nH]1. The van der Waals surface area contributed by atoms with Crippen molar-refractivity contribution < 1.29 is 20.1 Å². The summed E-state index contributed by atoms with van der Waals surface area (Å²) in [6, 6.07) is 0. The van der Waals surface area contributed by atoms with Gasteiger partial charge in [-0.15, -0.1) is 0 Å². The number of ether oxygens (including phenoxy) is 1. The molecule has 0 spiro atoms. The van der Waals surface area contributed by atoms with E-state index in [1.807, 2.05) is 0 Å². The van der Waals surface area contributed by atoms with Crippen molar-refractivity contribution in [1.29, 1.82) is 0 Å². The van der Waals surface area contributed by atoms with Gasteiger partial charge in [0.25, 0.3) is 0 Å². The zero-order valence-electron chi connectivity index (χ0n) is 8.65. The van der Waals surface area contributed by atoms with Gasteiger partial charge in [0.2, 0.25) is 5.95 Å². The highest BCUT2D eigenvalue weighted by Gasteiger charge is 2.42. The van der Waals surface area contributed by atoms with Gasteiger partial charge in [0.15, 0.2) is 6.23 Å². The smallest absolute Gasteiger partial charge is 0.349 e. The fourth-order valence-corrected chi connectivity index (χ4v) is 1.53. The lowest BCUT2D eigenvalue weighted by molar-refractivity contribution is -0.0154. The number of hydrogen-bond acceptors (Lipinski definition) is 8. The lowest BCUT2D eigenvalue weighted by Gasteiger charge is -2.15. The molecule has 9 heteroatoms. The summed E-state index contributed by atoms with van der Waals surface area (Å²) < 4.78 is 5.14. The number of anilines is 1. The first-order valence-corrected chi connectivity index (χ1v) is 4.92. The van der Waals surface area contributed by atoms with Crippen molar-refractivity contribution in [2.24, 2.45) is 0 Å². The van der Waals surface area contributed by atoms with E-state index in [2.05, 4.69) is 20.3 Å². The minimum atomic E-state index is -1.23. The molecule has 2 rings (SSSR count). The van der Waals surface area contributed by atoms with Crippen LogP contribution < -0.4 is 11.0 Å². The van der Waals surface area contributed by atoms with E-state index < -0.39 is 36.8 Å². The van der Waals surface area contributed by atoms with E-state index >= 15 is 0 Å². The Morgan fingerprint density at radius 3 is 2.76 bits per heavy atom. The molecule has 0 bridgehead atoms. The van der Waals surface area contributed by atoms with Crippen LogP contribution in [-0.2, 0) is 4.74 Å². The molecule has 5 N–H and O–H groups in total. The van der Waals surface area contributed by atoms with Gasteiger partial charge in [0.05, 0.1) is 6.61 Å². The van der Waals surface area contributed by atoms with Crippen LogP contribution in [0.25, 0.3) is 0 Å². The summed E-state index contributed by atoms with van der Waals surface area (Å²) in [5.41, 5.74) is -0.603. The number of aliphatic hydroxyl groups is 3. The monoisotopic (exact) mass is 244 g/mol. The molecular weight excluding hydrogens is 232 g/mol. The highest BCUT2D eigenvalue weighted by Crippen LogP contribution is 2.21. The molecule has 9 nitrogen and oxygen atoms in total. The number of aliphatic hydroxyl groups excluding tert-OH is 3. The highest BCUT2D eigenvalue weighted by atomic mass is 16.6. The van der Waals surface area contributed by atoms with Gasteiger partial charge in [-0.1, -0.05) is 0 Å². The third kappa shape index (κ3) is 2.42. The van der Waals surface area contributed by atoms with E-state index in [9.17, 15) is 15.0 Å². The summed E-state index contributed by atoms with van der Waals surface area (Å²) in [5, 5.41) is 30.5. The molecule has 4 atom stereocenters. The van der Waals surface area contributed by atoms with Gasteiger partial charge in [-0.25, -0.2) is 9.78 Å². The van der Waals surface area contributed by atoms with Crippen molar-refractivity contribution in [3.05, 3.63) is 16.8 Å². The first kappa shape index (κ1) is 11.9. The number of H-pyrrole nitrogens is 1. The third-order valence-corrected chi connectivity index (χ3v) is 2.41. The molecule has 1 aromatic rings. The third-order valence-electron chi connectivity index (χ3n) is 2.41. The van der Waals surface area contributed by atoms with Crippen LogP contribution in [0.1, 0.15) is 0 Å². The van der Waals surface area contributed by atoms with Crippen molar-refractivity contribution in [3.8, 4) is 0 Å². The molecule has 0 amide bonds. The normalized spacial score (nSPS) is 32.6. The molecule has 1 fully saturated rings. The summed E-state index contributed by atoms with van der Waals surface area (Å²) in [5.74, 6) is 0.0554. The van der Waals surface area contributed by atoms with E-state index in [4.69, 9.17) is 9.84 Å². The average Bonchev–Trinajstić information content (AvgIpc) is 2.57. The molecule has 0 aromatic carbocycles. The van der Waals surface area contributed by atoms with Crippen molar-refractivity contribution >= 4 is 5.95 Å². The molecule has 0 saturated carbocycles. The second-order valence-electron chi connectivity index (χ2n) is 3.56. The minimum Gasteiger partial charge on any atom is -0.394 e. The first-order valence-electron chi connectivity index (χ1n) is 4.92. The van der Waals surface area contributed by atoms with Crippen LogP contribution in [0.4, 0.5) is 5.95 Å². The minimum absolute atomic E-state index is 0.0554. The Kier molecular flexibility index (Phi) is 3.33. The standard InChI is InChI=1S/C8H12N4O5/c13-1-3-4(14)5(15)6(17-3)11-7-9-2-10-8(16)12-7/h2-6,13-15H,1H2,(H2,9,10,11,12,16)/t3-,4-,5-,6?/m1/s1. The topological polar surface area (TPSA) is 141 Å². The lowest BCUT2D eigenvalue weighted by atomic mass is 10.1. The van der Waals surface area contributed by atoms with Gasteiger partial charge in [-0.05, 0) is 0 Å². The van der Waals surface area contributed by atoms with Crippen LogP contribution in [0.2, 0.25) is 0 Å². The Morgan fingerprint density at radius 1 is 1.41 bits per heavy atom. The Labute approximate surface area is 95.1 Å². The predicted octanol–water partition coefficient (Wildman–Crippen LogP) is -2.98. The zero-order valence-corrected chi connectivity index (χ0v) is 8.65. The fourth-order valence-electron chi connectivity index (χ4n) is 1.53. The maximum absolute atomic E-state index is 10.9. The molecule has 17 heavy (non-hydrogen) atoms. The first-order chi connectivity index (χ1) is 8.11. The molecule has 1 unspecified atom stereocenters. The zero-order chi connectivity index (χ0) is 12.4. The molecule has 0 radical (unpaired) electrons. The van der Waals surface area contributed by atoms with Gasteiger partial charge in [0, 0.05) is 0 Å². The van der Waals surface area contributed by atoms with Crippen LogP contribution in [-0.4, -0.2) is 61.4 Å². The summed E-state index contributed by atoms with van der Waals surface area (Å²) in [7, 11) is 0. The Bertz CT molecular complexity index is 438. The van der Waals surface area contributed by atoms with Gasteiger partial charge in [0.1, 0.15) is 24.6 Å². The van der Waals surface area contributed by atoms with Gasteiger partial charge in [-0.3, -0.25) is 4.98 Å². The molecule has 1 aliphatic heterocycles. The maximum Gasteiger partial charge on any atom is 0.349 e. The fraction of sp³-hybridized carbons (Fsp3) is 0.625. The maximum atomic E-state index is 10.9. The number of aromatic nitrogens is 3. The molecule has 1 saturated heterocycles. The molecule has 1 aromatic heterocycles. The van der Waals surface area contributed by atoms with E-state index in [1.54, 1.807) is 0 Å². The van der Waals surface area contributed by atoms with E-state index in [1.165, 1.54) is 0 Å². The van der Waals surface area contributed by atoms with E-state index in [0.717, 1.165) is 6.33 Å². The van der Waals surface area contributed by atoms with Crippen LogP contribution in [0.3, 0.4) is 0 Å². The lowest BCUT2D eigenvalue weighted by Crippen LogP contribution is -2.37. The van der Waals surface area contributed by atoms with E-state index in [-0.39, 0.29) is 5.95 Å². The van der Waals surface area contributed by atoms with Crippen LogP contribution in [0.15, 0.2) is 11.1 Å². The molecule has 1 aliphatic rings. The van der Waals surface area contributed by atoms with Crippen molar-refractivity contribution in [2.75, 3.05) is 11.9 Å². The average molecular weight is 244 g/mol. The van der Waals surface area contributed by atoms with Crippen LogP contribution in [0.5, 0.6) is 0 Å². The van der Waals surface area contributed by atoms with Crippen molar-refractivity contribution in [2.45, 2.75) is 24.5 Å². The van der Waals surface area contributed by atoms with Crippen LogP contribution >= 0.6 is 0 Å². The summed E-state index contributed by atoms with van der Waals surface area (Å²) in [6.07, 6.45) is -3.23. The summed E-state index contributed by atoms with van der Waals surface area (Å²) in [6.45, 7) is -0.420. The number of hydrogen-bond donors (Lipinski definition) is 5. The molecule has 0 aliphatic carbocycles. The number of nitrogens with one attached hydrogen (secondary N) is 2. The Balaban J connectivity index is 2.07. The largest absolute Gasteiger partial charge is 0.394 e. The predicted molar refractivity (Wildman–Crippen MR) is 54.0 cm³/mol. The number of aromatic amines is 1. The number of rotatable bonds is 3. The van der Waals surface area contributed by atoms with Gasteiger partial charge < -0.3 is 25.4 Å². The molecule has 94 valence electrons. The molecular formula is C8H12N4O5. The summed E-state index contributed by atoms with van der Waals surface area (Å²) in [4.78, 5) is 20.2. The second-order valence-corrected chi connectivity index (χ2v) is 3.56. The quantitative estimate of drug-likeness (QED) is 0.379. The van der Waals surface area contributed by atoms with Gasteiger partial charge in [-0.2, -0.15) is 4.98 Å². The Hall–Kier alpha value is -1.55.